The van der Waals surface area contributed by atoms with Crippen molar-refractivity contribution in [3.8, 4) is 0 Å². The number of aromatic nitrogens is 3. The topological polar surface area (TPSA) is 77.2 Å². The molecule has 1 amide bonds. The maximum atomic E-state index is 12.3. The number of hydrogen-bond donors (Lipinski definition) is 0. The normalized spacial score (nSPS) is 11.1. The summed E-state index contributed by atoms with van der Waals surface area (Å²) >= 11 is 0. The number of carbonyl (C=O) groups is 1. The molecule has 0 aliphatic heterocycles. The van der Waals surface area contributed by atoms with E-state index in [-0.39, 0.29) is 23.0 Å². The first-order valence-electron chi connectivity index (χ1n) is 6.58. The highest BCUT2D eigenvalue weighted by Crippen LogP contribution is 2.10. The van der Waals surface area contributed by atoms with Gasteiger partial charge in [-0.3, -0.25) is 18.7 Å². The number of carbonyl (C=O) groups excluding carboxylic acids is 1. The summed E-state index contributed by atoms with van der Waals surface area (Å²) in [6, 6.07) is 1.53. The zero-order valence-electron chi connectivity index (χ0n) is 12.7. The van der Waals surface area contributed by atoms with Crippen LogP contribution in [0.4, 0.5) is 0 Å². The van der Waals surface area contributed by atoms with Gasteiger partial charge in [0, 0.05) is 33.4 Å². The van der Waals surface area contributed by atoms with Gasteiger partial charge >= 0.3 is 5.69 Å². The van der Waals surface area contributed by atoms with E-state index >= 15 is 0 Å². The monoisotopic (exact) mass is 290 g/mol. The average Bonchev–Trinajstić information content (AvgIpc) is 2.48. The quantitative estimate of drug-likeness (QED) is 0.786. The fraction of sp³-hybridized carbons (Fsp3) is 0.429. The third-order valence-electron chi connectivity index (χ3n) is 3.64. The van der Waals surface area contributed by atoms with Crippen LogP contribution < -0.4 is 11.2 Å². The Morgan fingerprint density at radius 1 is 1.24 bits per heavy atom. The fourth-order valence-corrected chi connectivity index (χ4v) is 2.02. The molecule has 7 nitrogen and oxygen atoms in total. The molecule has 0 aliphatic rings. The minimum Gasteiger partial charge on any atom is -0.339 e. The second-order valence-corrected chi connectivity index (χ2v) is 5.31. The van der Waals surface area contributed by atoms with Crippen LogP contribution in [0, 0.1) is 0 Å². The van der Waals surface area contributed by atoms with E-state index < -0.39 is 11.2 Å². The van der Waals surface area contributed by atoms with E-state index in [1.807, 2.05) is 13.8 Å². The van der Waals surface area contributed by atoms with Gasteiger partial charge in [-0.2, -0.15) is 0 Å². The molecule has 0 N–H and O–H groups in total. The summed E-state index contributed by atoms with van der Waals surface area (Å²) in [5.41, 5.74) is -0.304. The minimum atomic E-state index is -0.456. The lowest BCUT2D eigenvalue weighted by atomic mass is 10.2. The van der Waals surface area contributed by atoms with E-state index in [1.165, 1.54) is 23.9 Å². The van der Waals surface area contributed by atoms with Crippen molar-refractivity contribution < 1.29 is 4.79 Å². The molecular formula is C14H18N4O3. The summed E-state index contributed by atoms with van der Waals surface area (Å²) in [5, 5.41) is 0.252. The largest absolute Gasteiger partial charge is 0.339 e. The zero-order chi connectivity index (χ0) is 15.9. The number of hydrogen-bond acceptors (Lipinski definition) is 4. The molecule has 2 aromatic heterocycles. The number of fused-ring (bicyclic) bond motifs is 1. The van der Waals surface area contributed by atoms with Crippen LogP contribution in [0.3, 0.4) is 0 Å². The molecule has 0 aliphatic carbocycles. The SMILES string of the molecule is CC(C)N(C)C(=O)c1cnc2c(c1)c(=O)n(C)c(=O)n2C. The number of amides is 1. The van der Waals surface area contributed by atoms with Gasteiger partial charge < -0.3 is 4.90 Å². The first-order valence-corrected chi connectivity index (χ1v) is 6.58. The Bertz CT molecular complexity index is 832. The van der Waals surface area contributed by atoms with Gasteiger partial charge in [0.15, 0.2) is 0 Å². The Labute approximate surface area is 121 Å². The predicted octanol–water partition coefficient (Wildman–Crippen LogP) is 0.113. The van der Waals surface area contributed by atoms with E-state index in [1.54, 1.807) is 19.0 Å². The highest BCUT2D eigenvalue weighted by molar-refractivity contribution is 5.96. The Morgan fingerprint density at radius 3 is 2.43 bits per heavy atom. The van der Waals surface area contributed by atoms with E-state index in [2.05, 4.69) is 4.98 Å². The lowest BCUT2D eigenvalue weighted by molar-refractivity contribution is 0.0754. The summed E-state index contributed by atoms with van der Waals surface area (Å²) in [6.45, 7) is 3.80. The maximum Gasteiger partial charge on any atom is 0.332 e. The molecule has 0 aromatic carbocycles. The van der Waals surface area contributed by atoms with Crippen LogP contribution in [0.15, 0.2) is 21.9 Å². The zero-order valence-corrected chi connectivity index (χ0v) is 12.7. The van der Waals surface area contributed by atoms with Crippen LogP contribution in [0.25, 0.3) is 11.0 Å². The van der Waals surface area contributed by atoms with Gasteiger partial charge in [0.2, 0.25) is 0 Å². The third kappa shape index (κ3) is 2.35. The third-order valence-corrected chi connectivity index (χ3v) is 3.64. The molecule has 0 radical (unpaired) electrons. The molecule has 7 heteroatoms. The van der Waals surface area contributed by atoms with Crippen molar-refractivity contribution in [2.24, 2.45) is 14.1 Å². The van der Waals surface area contributed by atoms with Gasteiger partial charge in [0.1, 0.15) is 5.65 Å². The maximum absolute atomic E-state index is 12.3. The molecule has 0 spiro atoms. The second-order valence-electron chi connectivity index (χ2n) is 5.31. The van der Waals surface area contributed by atoms with E-state index in [0.29, 0.717) is 5.56 Å². The van der Waals surface area contributed by atoms with Crippen LogP contribution in [0.5, 0.6) is 0 Å². The number of rotatable bonds is 2. The van der Waals surface area contributed by atoms with Crippen molar-refractivity contribution in [2.75, 3.05) is 7.05 Å². The summed E-state index contributed by atoms with van der Waals surface area (Å²) in [5.74, 6) is -0.213. The van der Waals surface area contributed by atoms with Gasteiger partial charge in [0.25, 0.3) is 11.5 Å². The summed E-state index contributed by atoms with van der Waals surface area (Å²) < 4.78 is 2.29. The van der Waals surface area contributed by atoms with Crippen LogP contribution in [-0.4, -0.2) is 38.0 Å². The van der Waals surface area contributed by atoms with Crippen LogP contribution >= 0.6 is 0 Å². The van der Waals surface area contributed by atoms with Crippen molar-refractivity contribution >= 4 is 16.9 Å². The lowest BCUT2D eigenvalue weighted by Gasteiger charge is -2.21. The number of nitrogens with zero attached hydrogens (tertiary/aromatic N) is 4. The molecule has 21 heavy (non-hydrogen) atoms. The summed E-state index contributed by atoms with van der Waals surface area (Å²) in [7, 11) is 4.63. The smallest absolute Gasteiger partial charge is 0.332 e. The van der Waals surface area contributed by atoms with Crippen molar-refractivity contribution in [1.29, 1.82) is 0 Å². The van der Waals surface area contributed by atoms with Crippen molar-refractivity contribution in [3.63, 3.8) is 0 Å². The molecule has 0 unspecified atom stereocenters. The summed E-state index contributed by atoms with van der Waals surface area (Å²) in [6.07, 6.45) is 1.39. The van der Waals surface area contributed by atoms with E-state index in [0.717, 1.165) is 4.57 Å². The molecule has 0 fully saturated rings. The molecular weight excluding hydrogens is 272 g/mol. The van der Waals surface area contributed by atoms with Gasteiger partial charge in [-0.15, -0.1) is 0 Å². The van der Waals surface area contributed by atoms with E-state index in [4.69, 9.17) is 0 Å². The number of pyridine rings is 1. The first-order chi connectivity index (χ1) is 9.75. The van der Waals surface area contributed by atoms with Gasteiger partial charge in [0.05, 0.1) is 10.9 Å². The lowest BCUT2D eigenvalue weighted by Crippen LogP contribution is -2.38. The molecule has 2 aromatic rings. The van der Waals surface area contributed by atoms with E-state index in [9.17, 15) is 14.4 Å². The van der Waals surface area contributed by atoms with Crippen LogP contribution in [-0.2, 0) is 14.1 Å². The molecule has 0 saturated carbocycles. The van der Waals surface area contributed by atoms with Crippen LogP contribution in [0.2, 0.25) is 0 Å². The average molecular weight is 290 g/mol. The first kappa shape index (κ1) is 15.0. The number of aryl methyl sites for hydroxylation is 1. The Morgan fingerprint density at radius 2 is 1.86 bits per heavy atom. The molecule has 112 valence electrons. The highest BCUT2D eigenvalue weighted by Gasteiger charge is 2.17. The van der Waals surface area contributed by atoms with Gasteiger partial charge in [-0.05, 0) is 19.9 Å². The van der Waals surface area contributed by atoms with Gasteiger partial charge in [-0.25, -0.2) is 9.78 Å². The molecule has 2 rings (SSSR count). The van der Waals surface area contributed by atoms with Gasteiger partial charge in [-0.1, -0.05) is 0 Å². The van der Waals surface area contributed by atoms with Crippen molar-refractivity contribution in [2.45, 2.75) is 19.9 Å². The van der Waals surface area contributed by atoms with Crippen molar-refractivity contribution in [1.82, 2.24) is 19.0 Å². The summed E-state index contributed by atoms with van der Waals surface area (Å²) in [4.78, 5) is 42.0. The molecule has 2 heterocycles. The standard InChI is InChI=1S/C14H18N4O3/c1-8(2)16(3)12(19)9-6-10-11(15-7-9)17(4)14(21)18(5)13(10)20/h6-8H,1-5H3. The Balaban J connectivity index is 2.71. The van der Waals surface area contributed by atoms with Crippen molar-refractivity contribution in [3.05, 3.63) is 38.7 Å². The molecule has 0 atom stereocenters. The fourth-order valence-electron chi connectivity index (χ4n) is 2.02. The Hall–Kier alpha value is -2.44. The molecule has 0 bridgehead atoms. The predicted molar refractivity (Wildman–Crippen MR) is 79.5 cm³/mol. The molecule has 0 saturated heterocycles. The van der Waals surface area contributed by atoms with Crippen LogP contribution in [0.1, 0.15) is 24.2 Å². The second kappa shape index (κ2) is 5.16. The highest BCUT2D eigenvalue weighted by atomic mass is 16.2. The minimum absolute atomic E-state index is 0.0381. The Kier molecular flexibility index (Phi) is 3.67.